The fraction of sp³-hybridized carbons (Fsp3) is 0.846. The molecule has 1 aromatic heterocycles. The molecular formula is C13H25N5. The molecule has 0 bridgehead atoms. The lowest BCUT2D eigenvalue weighted by Crippen LogP contribution is -2.62. The quantitative estimate of drug-likeness (QED) is 0.872. The van der Waals surface area contributed by atoms with E-state index >= 15 is 0 Å². The summed E-state index contributed by atoms with van der Waals surface area (Å²) < 4.78 is 1.78. The van der Waals surface area contributed by atoms with Crippen molar-refractivity contribution in [3.05, 3.63) is 11.9 Å². The monoisotopic (exact) mass is 251 g/mol. The minimum Gasteiger partial charge on any atom is -0.311 e. The zero-order chi connectivity index (χ0) is 13.2. The number of rotatable bonds is 4. The molecule has 0 aliphatic carbocycles. The fourth-order valence-corrected chi connectivity index (χ4v) is 2.57. The van der Waals surface area contributed by atoms with Crippen molar-refractivity contribution in [3.63, 3.8) is 0 Å². The number of aryl methyl sites for hydroxylation is 1. The van der Waals surface area contributed by atoms with Crippen LogP contribution < -0.4 is 5.32 Å². The Morgan fingerprint density at radius 2 is 2.28 bits per heavy atom. The van der Waals surface area contributed by atoms with E-state index in [1.165, 1.54) is 6.42 Å². The Morgan fingerprint density at radius 1 is 1.50 bits per heavy atom. The molecule has 0 saturated carbocycles. The number of nitrogens with one attached hydrogen (secondary N) is 1. The molecule has 1 fully saturated rings. The van der Waals surface area contributed by atoms with Gasteiger partial charge in [-0.25, -0.2) is 0 Å². The first-order valence-electron chi connectivity index (χ1n) is 6.91. The Morgan fingerprint density at radius 3 is 2.83 bits per heavy atom. The first-order valence-corrected chi connectivity index (χ1v) is 6.91. The van der Waals surface area contributed by atoms with Crippen LogP contribution >= 0.6 is 0 Å². The van der Waals surface area contributed by atoms with Crippen molar-refractivity contribution in [2.24, 2.45) is 7.05 Å². The van der Waals surface area contributed by atoms with Crippen LogP contribution in [0.4, 0.5) is 0 Å². The molecule has 5 nitrogen and oxygen atoms in total. The maximum absolute atomic E-state index is 4.21. The maximum Gasteiger partial charge on any atom is 0.0967 e. The number of hydrogen-bond donors (Lipinski definition) is 1. The van der Waals surface area contributed by atoms with Crippen LogP contribution in [0.3, 0.4) is 0 Å². The van der Waals surface area contributed by atoms with E-state index in [1.54, 1.807) is 4.68 Å². The van der Waals surface area contributed by atoms with Crippen LogP contribution in [0.2, 0.25) is 0 Å². The normalized spacial score (nSPS) is 29.7. The van der Waals surface area contributed by atoms with E-state index in [4.69, 9.17) is 0 Å². The first-order chi connectivity index (χ1) is 8.57. The van der Waals surface area contributed by atoms with Crippen LogP contribution in [-0.4, -0.2) is 44.6 Å². The van der Waals surface area contributed by atoms with E-state index < -0.39 is 0 Å². The van der Waals surface area contributed by atoms with Gasteiger partial charge in [-0.1, -0.05) is 19.1 Å². The lowest BCUT2D eigenvalue weighted by Gasteiger charge is -2.47. The lowest BCUT2D eigenvalue weighted by molar-refractivity contribution is 0.0397. The molecule has 1 aromatic rings. The number of piperazine rings is 1. The molecule has 2 unspecified atom stereocenters. The maximum atomic E-state index is 4.21. The van der Waals surface area contributed by atoms with Gasteiger partial charge in [0.25, 0.3) is 0 Å². The van der Waals surface area contributed by atoms with Gasteiger partial charge in [-0.3, -0.25) is 9.58 Å². The molecule has 0 amide bonds. The molecule has 1 N–H and O–H groups in total. The Hall–Kier alpha value is -0.940. The summed E-state index contributed by atoms with van der Waals surface area (Å²) in [5.41, 5.74) is 1.29. The summed E-state index contributed by atoms with van der Waals surface area (Å²) in [4.78, 5) is 2.56. The van der Waals surface area contributed by atoms with Crippen LogP contribution in [0.25, 0.3) is 0 Å². The van der Waals surface area contributed by atoms with Gasteiger partial charge < -0.3 is 5.32 Å². The second-order valence-electron chi connectivity index (χ2n) is 5.60. The van der Waals surface area contributed by atoms with Crippen LogP contribution in [0.15, 0.2) is 6.20 Å². The van der Waals surface area contributed by atoms with Gasteiger partial charge in [-0.15, -0.1) is 5.10 Å². The van der Waals surface area contributed by atoms with Gasteiger partial charge in [-0.05, 0) is 19.8 Å². The molecule has 0 spiro atoms. The average Bonchev–Trinajstić information content (AvgIpc) is 2.78. The highest BCUT2D eigenvalue weighted by Gasteiger charge is 2.36. The SMILES string of the molecule is CCC1CN(Cc2cn(C)nn2)C(C)(CC)CN1. The second kappa shape index (κ2) is 5.36. The molecule has 2 atom stereocenters. The van der Waals surface area contributed by atoms with Gasteiger partial charge in [0, 0.05) is 44.5 Å². The summed E-state index contributed by atoms with van der Waals surface area (Å²) in [5.74, 6) is 0. The highest BCUT2D eigenvalue weighted by molar-refractivity contribution is 5.00. The first kappa shape index (κ1) is 13.5. The van der Waals surface area contributed by atoms with E-state index in [1.807, 2.05) is 13.2 Å². The number of nitrogens with zero attached hydrogens (tertiary/aromatic N) is 4. The van der Waals surface area contributed by atoms with Gasteiger partial charge in [0.2, 0.25) is 0 Å². The zero-order valence-corrected chi connectivity index (χ0v) is 12.0. The Bertz CT molecular complexity index is 388. The summed E-state index contributed by atoms with van der Waals surface area (Å²) in [5, 5.41) is 11.9. The molecule has 18 heavy (non-hydrogen) atoms. The van der Waals surface area contributed by atoms with Crippen molar-refractivity contribution in [2.45, 2.75) is 51.7 Å². The standard InChI is InChI=1S/C13H25N5/c1-5-11-8-18(13(3,6-2)10-14-11)9-12-7-17(4)16-15-12/h7,11,14H,5-6,8-10H2,1-4H3. The number of aromatic nitrogens is 3. The Labute approximate surface area is 110 Å². The van der Waals surface area contributed by atoms with Crippen molar-refractivity contribution in [3.8, 4) is 0 Å². The molecule has 1 aliphatic rings. The van der Waals surface area contributed by atoms with Crippen molar-refractivity contribution in [2.75, 3.05) is 13.1 Å². The fourth-order valence-electron chi connectivity index (χ4n) is 2.57. The third kappa shape index (κ3) is 2.72. The molecule has 2 rings (SSSR count). The number of hydrogen-bond acceptors (Lipinski definition) is 4. The second-order valence-corrected chi connectivity index (χ2v) is 5.60. The van der Waals surface area contributed by atoms with Crippen molar-refractivity contribution >= 4 is 0 Å². The molecular weight excluding hydrogens is 226 g/mol. The van der Waals surface area contributed by atoms with Gasteiger partial charge in [0.05, 0.1) is 5.69 Å². The van der Waals surface area contributed by atoms with E-state index in [2.05, 4.69) is 41.3 Å². The summed E-state index contributed by atoms with van der Waals surface area (Å²) in [6.45, 7) is 9.89. The third-order valence-electron chi connectivity index (χ3n) is 4.23. The van der Waals surface area contributed by atoms with Crippen molar-refractivity contribution < 1.29 is 0 Å². The molecule has 0 radical (unpaired) electrons. The van der Waals surface area contributed by atoms with E-state index in [9.17, 15) is 0 Å². The summed E-state index contributed by atoms with van der Waals surface area (Å²) >= 11 is 0. The van der Waals surface area contributed by atoms with Crippen LogP contribution in [0.5, 0.6) is 0 Å². The van der Waals surface area contributed by atoms with Crippen LogP contribution in [0, 0.1) is 0 Å². The third-order valence-corrected chi connectivity index (χ3v) is 4.23. The van der Waals surface area contributed by atoms with Crippen molar-refractivity contribution in [1.29, 1.82) is 0 Å². The molecule has 102 valence electrons. The highest BCUT2D eigenvalue weighted by atomic mass is 15.4. The minimum absolute atomic E-state index is 0.225. The zero-order valence-electron chi connectivity index (χ0n) is 12.0. The predicted molar refractivity (Wildman–Crippen MR) is 72.2 cm³/mol. The molecule has 5 heteroatoms. The predicted octanol–water partition coefficient (Wildman–Crippen LogP) is 1.17. The van der Waals surface area contributed by atoms with Crippen LogP contribution in [-0.2, 0) is 13.6 Å². The Balaban J connectivity index is 2.10. The largest absolute Gasteiger partial charge is 0.311 e. The average molecular weight is 251 g/mol. The van der Waals surface area contributed by atoms with Crippen molar-refractivity contribution in [1.82, 2.24) is 25.2 Å². The summed E-state index contributed by atoms with van der Waals surface area (Å²) in [6.07, 6.45) is 4.34. The molecule has 1 saturated heterocycles. The minimum atomic E-state index is 0.225. The molecule has 2 heterocycles. The van der Waals surface area contributed by atoms with Gasteiger partial charge in [-0.2, -0.15) is 0 Å². The Kier molecular flexibility index (Phi) is 4.02. The van der Waals surface area contributed by atoms with Gasteiger partial charge >= 0.3 is 0 Å². The molecule has 0 aromatic carbocycles. The van der Waals surface area contributed by atoms with E-state index in [0.29, 0.717) is 6.04 Å². The van der Waals surface area contributed by atoms with Gasteiger partial charge in [0.15, 0.2) is 0 Å². The van der Waals surface area contributed by atoms with E-state index in [-0.39, 0.29) is 5.54 Å². The highest BCUT2D eigenvalue weighted by Crippen LogP contribution is 2.25. The van der Waals surface area contributed by atoms with E-state index in [0.717, 1.165) is 31.7 Å². The topological polar surface area (TPSA) is 46.0 Å². The smallest absolute Gasteiger partial charge is 0.0967 e. The summed E-state index contributed by atoms with van der Waals surface area (Å²) in [7, 11) is 1.92. The molecule has 1 aliphatic heterocycles. The lowest BCUT2D eigenvalue weighted by atomic mass is 9.91. The summed E-state index contributed by atoms with van der Waals surface area (Å²) in [6, 6.07) is 0.598. The van der Waals surface area contributed by atoms with Crippen LogP contribution in [0.1, 0.15) is 39.3 Å². The van der Waals surface area contributed by atoms with Gasteiger partial charge in [0.1, 0.15) is 0 Å².